The Hall–Kier alpha value is -7.50. The zero-order chi connectivity index (χ0) is 36.0. The Balaban J connectivity index is 1.13. The van der Waals surface area contributed by atoms with E-state index < -0.39 is 0 Å². The van der Waals surface area contributed by atoms with Gasteiger partial charge in [-0.1, -0.05) is 115 Å². The van der Waals surface area contributed by atoms with E-state index in [0.29, 0.717) is 5.82 Å². The lowest BCUT2D eigenvalue weighted by Gasteiger charge is -2.13. The molecular formula is C50H30N4O. The summed E-state index contributed by atoms with van der Waals surface area (Å²) in [5.74, 6) is 0.703. The Bertz CT molecular complexity index is 3470. The number of furan rings is 1. The molecule has 4 aromatic heterocycles. The molecule has 55 heavy (non-hydrogen) atoms. The Morgan fingerprint density at radius 2 is 0.982 bits per heavy atom. The first-order valence-electron chi connectivity index (χ1n) is 18.6. The maximum Gasteiger partial charge on any atom is 0.160 e. The third-order valence-electron chi connectivity index (χ3n) is 11.1. The largest absolute Gasteiger partial charge is 0.456 e. The van der Waals surface area contributed by atoms with Crippen LogP contribution in [-0.2, 0) is 0 Å². The predicted molar refractivity (Wildman–Crippen MR) is 226 cm³/mol. The number of rotatable bonds is 4. The van der Waals surface area contributed by atoms with E-state index >= 15 is 0 Å². The van der Waals surface area contributed by atoms with E-state index in [-0.39, 0.29) is 0 Å². The van der Waals surface area contributed by atoms with Crippen molar-refractivity contribution in [3.8, 4) is 34.0 Å². The molecule has 0 aliphatic carbocycles. The molecule has 0 aliphatic rings. The summed E-state index contributed by atoms with van der Waals surface area (Å²) in [6.07, 6.45) is 0. The van der Waals surface area contributed by atoms with E-state index in [1.165, 1.54) is 21.5 Å². The first-order chi connectivity index (χ1) is 27.3. The summed E-state index contributed by atoms with van der Waals surface area (Å²) in [4.78, 5) is 10.2. The molecule has 5 heteroatoms. The van der Waals surface area contributed by atoms with E-state index in [9.17, 15) is 0 Å². The summed E-state index contributed by atoms with van der Waals surface area (Å²) in [6, 6.07) is 64.2. The fourth-order valence-electron chi connectivity index (χ4n) is 8.66. The van der Waals surface area contributed by atoms with Crippen LogP contribution in [0.3, 0.4) is 0 Å². The summed E-state index contributed by atoms with van der Waals surface area (Å²) in [5.41, 5.74) is 12.4. The predicted octanol–water partition coefficient (Wildman–Crippen LogP) is 13.1. The van der Waals surface area contributed by atoms with Crippen LogP contribution in [0, 0.1) is 0 Å². The summed E-state index contributed by atoms with van der Waals surface area (Å²) in [6.45, 7) is 0. The molecule has 0 fully saturated rings. The molecule has 0 radical (unpaired) electrons. The number of hydrogen-bond acceptors (Lipinski definition) is 3. The Labute approximate surface area is 315 Å². The zero-order valence-electron chi connectivity index (χ0n) is 29.5. The van der Waals surface area contributed by atoms with E-state index in [1.54, 1.807) is 0 Å². The quantitative estimate of drug-likeness (QED) is 0.183. The van der Waals surface area contributed by atoms with Crippen molar-refractivity contribution in [1.82, 2.24) is 19.1 Å². The van der Waals surface area contributed by atoms with E-state index in [2.05, 4.69) is 161 Å². The zero-order valence-corrected chi connectivity index (χ0v) is 29.5. The van der Waals surface area contributed by atoms with Gasteiger partial charge in [0.1, 0.15) is 11.2 Å². The van der Waals surface area contributed by atoms with Crippen molar-refractivity contribution in [1.29, 1.82) is 0 Å². The lowest BCUT2D eigenvalue weighted by molar-refractivity contribution is 0.669. The molecule has 0 spiro atoms. The van der Waals surface area contributed by atoms with Crippen molar-refractivity contribution in [2.45, 2.75) is 0 Å². The second kappa shape index (κ2) is 11.5. The van der Waals surface area contributed by atoms with Crippen molar-refractivity contribution in [2.75, 3.05) is 0 Å². The maximum absolute atomic E-state index is 6.45. The van der Waals surface area contributed by atoms with Gasteiger partial charge in [-0.2, -0.15) is 0 Å². The van der Waals surface area contributed by atoms with Gasteiger partial charge in [0, 0.05) is 66.3 Å². The first-order valence-corrected chi connectivity index (χ1v) is 18.6. The highest BCUT2D eigenvalue weighted by atomic mass is 16.3. The van der Waals surface area contributed by atoms with Gasteiger partial charge >= 0.3 is 0 Å². The molecule has 8 aromatic carbocycles. The van der Waals surface area contributed by atoms with Crippen LogP contribution in [0.4, 0.5) is 0 Å². The topological polar surface area (TPSA) is 48.8 Å². The molecule has 12 rings (SSSR count). The van der Waals surface area contributed by atoms with Crippen LogP contribution in [0.2, 0.25) is 0 Å². The molecule has 0 unspecified atom stereocenters. The maximum atomic E-state index is 6.45. The lowest BCUT2D eigenvalue weighted by atomic mass is 10.1. The Kier molecular flexibility index (Phi) is 6.27. The molecule has 12 aromatic rings. The smallest absolute Gasteiger partial charge is 0.160 e. The van der Waals surface area contributed by atoms with Gasteiger partial charge in [-0.05, 0) is 60.7 Å². The van der Waals surface area contributed by atoms with Crippen molar-refractivity contribution >= 4 is 76.5 Å². The van der Waals surface area contributed by atoms with Crippen LogP contribution in [0.15, 0.2) is 186 Å². The summed E-state index contributed by atoms with van der Waals surface area (Å²) < 4.78 is 11.3. The van der Waals surface area contributed by atoms with Crippen LogP contribution in [0.1, 0.15) is 0 Å². The molecule has 0 saturated heterocycles. The highest BCUT2D eigenvalue weighted by molar-refractivity contribution is 6.25. The standard InChI is InChI=1S/C50H30N4O/c1-3-13-31(14-4-1)47-39-19-7-10-20-42(39)51-50(52-47)32-23-25-34(26-24-32)53-43-21-11-8-17-35(43)37-27-28-38-40-29-41-36-18-9-12-22-45(36)55-46(41)30-44(40)54(49(38)48(37)53)33-15-5-2-6-16-33/h1-30H. The van der Waals surface area contributed by atoms with Crippen molar-refractivity contribution in [3.05, 3.63) is 182 Å². The van der Waals surface area contributed by atoms with Crippen molar-refractivity contribution < 1.29 is 4.42 Å². The van der Waals surface area contributed by atoms with E-state index in [0.717, 1.165) is 83.1 Å². The Morgan fingerprint density at radius 1 is 0.364 bits per heavy atom. The molecule has 0 amide bonds. The molecule has 0 N–H and O–H groups in total. The monoisotopic (exact) mass is 702 g/mol. The van der Waals surface area contributed by atoms with Crippen LogP contribution < -0.4 is 0 Å². The van der Waals surface area contributed by atoms with Gasteiger partial charge in [0.25, 0.3) is 0 Å². The van der Waals surface area contributed by atoms with Gasteiger partial charge < -0.3 is 13.6 Å². The molecule has 256 valence electrons. The summed E-state index contributed by atoms with van der Waals surface area (Å²) >= 11 is 0. The van der Waals surface area contributed by atoms with E-state index in [4.69, 9.17) is 14.4 Å². The SMILES string of the molecule is c1ccc(-c2nc(-c3ccc(-n4c5ccccc5c5ccc6c7cc8c(cc7n(-c7ccccc7)c6c54)oc4ccccc48)cc3)nc3ccccc23)cc1. The van der Waals surface area contributed by atoms with Crippen LogP contribution >= 0.6 is 0 Å². The second-order valence-corrected chi connectivity index (χ2v) is 14.2. The van der Waals surface area contributed by atoms with Crippen molar-refractivity contribution in [3.63, 3.8) is 0 Å². The average Bonchev–Trinajstić information content (AvgIpc) is 3.90. The van der Waals surface area contributed by atoms with Crippen molar-refractivity contribution in [2.24, 2.45) is 0 Å². The van der Waals surface area contributed by atoms with Crippen LogP contribution in [0.25, 0.3) is 110 Å². The average molecular weight is 703 g/mol. The fraction of sp³-hybridized carbons (Fsp3) is 0. The lowest BCUT2D eigenvalue weighted by Crippen LogP contribution is -1.99. The first kappa shape index (κ1) is 30.0. The number of fused-ring (bicyclic) bond motifs is 11. The molecular weight excluding hydrogens is 673 g/mol. The number of nitrogens with zero attached hydrogens (tertiary/aromatic N) is 4. The van der Waals surface area contributed by atoms with Gasteiger partial charge in [-0.25, -0.2) is 9.97 Å². The minimum atomic E-state index is 0.703. The third kappa shape index (κ3) is 4.41. The molecule has 0 saturated carbocycles. The van der Waals surface area contributed by atoms with Crippen LogP contribution in [0.5, 0.6) is 0 Å². The highest BCUT2D eigenvalue weighted by Crippen LogP contribution is 2.44. The number of para-hydroxylation sites is 4. The third-order valence-corrected chi connectivity index (χ3v) is 11.1. The van der Waals surface area contributed by atoms with Gasteiger partial charge in [0.05, 0.1) is 33.3 Å². The summed E-state index contributed by atoms with van der Waals surface area (Å²) in [5, 5.41) is 8.08. The highest BCUT2D eigenvalue weighted by Gasteiger charge is 2.23. The minimum absolute atomic E-state index is 0.703. The van der Waals surface area contributed by atoms with E-state index in [1.807, 2.05) is 30.3 Å². The van der Waals surface area contributed by atoms with Gasteiger partial charge in [0.15, 0.2) is 5.82 Å². The number of benzene rings is 8. The van der Waals surface area contributed by atoms with Gasteiger partial charge in [-0.15, -0.1) is 0 Å². The molecule has 0 atom stereocenters. The molecule has 0 bridgehead atoms. The number of hydrogen-bond donors (Lipinski definition) is 0. The summed E-state index contributed by atoms with van der Waals surface area (Å²) in [7, 11) is 0. The Morgan fingerprint density at radius 3 is 1.78 bits per heavy atom. The fourth-order valence-corrected chi connectivity index (χ4v) is 8.66. The normalized spacial score (nSPS) is 12.0. The van der Waals surface area contributed by atoms with Crippen LogP contribution in [-0.4, -0.2) is 19.1 Å². The molecule has 5 nitrogen and oxygen atoms in total. The molecule has 0 aliphatic heterocycles. The molecule has 4 heterocycles. The second-order valence-electron chi connectivity index (χ2n) is 14.2. The van der Waals surface area contributed by atoms with Gasteiger partial charge in [-0.3, -0.25) is 0 Å². The minimum Gasteiger partial charge on any atom is -0.456 e. The van der Waals surface area contributed by atoms with Gasteiger partial charge in [0.2, 0.25) is 0 Å². The number of aromatic nitrogens is 4.